The van der Waals surface area contributed by atoms with Crippen LogP contribution in [0.15, 0.2) is 42.5 Å². The number of nitriles is 1. The van der Waals surface area contributed by atoms with Crippen LogP contribution < -0.4 is 5.73 Å². The SMILES string of the molecule is N#CC=Cc1ccc2cc(N)ccc2c1. The summed E-state index contributed by atoms with van der Waals surface area (Å²) in [6, 6.07) is 13.8. The third-order valence-electron chi connectivity index (χ3n) is 2.24. The highest BCUT2D eigenvalue weighted by Gasteiger charge is 1.94. The number of nitrogens with zero attached hydrogens (tertiary/aromatic N) is 1. The monoisotopic (exact) mass is 194 g/mol. The van der Waals surface area contributed by atoms with E-state index < -0.39 is 0 Å². The average molecular weight is 194 g/mol. The minimum Gasteiger partial charge on any atom is -0.399 e. The van der Waals surface area contributed by atoms with Gasteiger partial charge in [-0.3, -0.25) is 0 Å². The third-order valence-corrected chi connectivity index (χ3v) is 2.24. The molecule has 15 heavy (non-hydrogen) atoms. The predicted molar refractivity (Wildman–Crippen MR) is 63.0 cm³/mol. The van der Waals surface area contributed by atoms with Gasteiger partial charge in [0.25, 0.3) is 0 Å². The van der Waals surface area contributed by atoms with Crippen molar-refractivity contribution >= 4 is 22.5 Å². The van der Waals surface area contributed by atoms with Crippen molar-refractivity contribution in [3.63, 3.8) is 0 Å². The number of nitrogen functional groups attached to an aromatic ring is 1. The molecule has 2 N–H and O–H groups in total. The maximum atomic E-state index is 8.42. The molecule has 0 aliphatic rings. The van der Waals surface area contributed by atoms with Gasteiger partial charge in [0.1, 0.15) is 0 Å². The van der Waals surface area contributed by atoms with Gasteiger partial charge in [-0.1, -0.05) is 18.2 Å². The smallest absolute Gasteiger partial charge is 0.0912 e. The van der Waals surface area contributed by atoms with Crippen molar-refractivity contribution in [1.29, 1.82) is 5.26 Å². The number of fused-ring (bicyclic) bond motifs is 1. The van der Waals surface area contributed by atoms with Gasteiger partial charge in [-0.25, -0.2) is 0 Å². The number of rotatable bonds is 1. The van der Waals surface area contributed by atoms with Gasteiger partial charge in [0.15, 0.2) is 0 Å². The topological polar surface area (TPSA) is 49.8 Å². The minimum absolute atomic E-state index is 0.766. The highest BCUT2D eigenvalue weighted by Crippen LogP contribution is 2.19. The number of nitrogens with two attached hydrogens (primary N) is 1. The van der Waals surface area contributed by atoms with Crippen molar-refractivity contribution in [3.8, 4) is 6.07 Å². The second kappa shape index (κ2) is 3.85. The fourth-order valence-electron chi connectivity index (χ4n) is 1.52. The zero-order chi connectivity index (χ0) is 10.7. The van der Waals surface area contributed by atoms with E-state index in [1.807, 2.05) is 42.5 Å². The highest BCUT2D eigenvalue weighted by atomic mass is 14.5. The van der Waals surface area contributed by atoms with Crippen molar-refractivity contribution in [2.75, 3.05) is 5.73 Å². The first-order chi connectivity index (χ1) is 7.29. The molecule has 0 saturated carbocycles. The molecule has 0 fully saturated rings. The van der Waals surface area contributed by atoms with Crippen LogP contribution >= 0.6 is 0 Å². The molecule has 0 heterocycles. The molecule has 0 saturated heterocycles. The maximum Gasteiger partial charge on any atom is 0.0912 e. The lowest BCUT2D eigenvalue weighted by molar-refractivity contribution is 1.54. The average Bonchev–Trinajstić information content (AvgIpc) is 2.26. The molecule has 2 heteroatoms. The second-order valence-electron chi connectivity index (χ2n) is 3.33. The van der Waals surface area contributed by atoms with Crippen LogP contribution in [0, 0.1) is 11.3 Å². The molecule has 2 aromatic carbocycles. The predicted octanol–water partition coefficient (Wildman–Crippen LogP) is 2.96. The summed E-state index contributed by atoms with van der Waals surface area (Å²) >= 11 is 0. The van der Waals surface area contributed by atoms with Crippen LogP contribution in [0.3, 0.4) is 0 Å². The Labute approximate surface area is 88.3 Å². The first kappa shape index (κ1) is 9.29. The molecule has 0 spiro atoms. The molecule has 0 aliphatic carbocycles. The van der Waals surface area contributed by atoms with Crippen LogP contribution in [0.2, 0.25) is 0 Å². The summed E-state index contributed by atoms with van der Waals surface area (Å²) in [5, 5.41) is 10.7. The van der Waals surface area contributed by atoms with Gasteiger partial charge in [0.2, 0.25) is 0 Å². The Bertz CT molecular complexity index is 562. The third kappa shape index (κ3) is 1.97. The van der Waals surface area contributed by atoms with E-state index >= 15 is 0 Å². The molecule has 2 aromatic rings. The summed E-state index contributed by atoms with van der Waals surface area (Å²) in [5.41, 5.74) is 7.47. The van der Waals surface area contributed by atoms with Gasteiger partial charge < -0.3 is 5.73 Å². The lowest BCUT2D eigenvalue weighted by atomic mass is 10.1. The summed E-state index contributed by atoms with van der Waals surface area (Å²) in [4.78, 5) is 0. The Morgan fingerprint density at radius 1 is 1.07 bits per heavy atom. The molecule has 0 unspecified atom stereocenters. The summed E-state index contributed by atoms with van der Waals surface area (Å²) < 4.78 is 0. The Morgan fingerprint density at radius 3 is 2.60 bits per heavy atom. The van der Waals surface area contributed by atoms with Crippen LogP contribution in [0.4, 0.5) is 5.69 Å². The van der Waals surface area contributed by atoms with Crippen LogP contribution in [-0.2, 0) is 0 Å². The van der Waals surface area contributed by atoms with Crippen LogP contribution in [-0.4, -0.2) is 0 Å². The Morgan fingerprint density at radius 2 is 1.80 bits per heavy atom. The fourth-order valence-corrected chi connectivity index (χ4v) is 1.52. The van der Waals surface area contributed by atoms with E-state index in [1.165, 1.54) is 6.08 Å². The Hall–Kier alpha value is -2.27. The molecule has 0 bridgehead atoms. The Kier molecular flexibility index (Phi) is 2.38. The van der Waals surface area contributed by atoms with Crippen LogP contribution in [0.5, 0.6) is 0 Å². The summed E-state index contributed by atoms with van der Waals surface area (Å²) in [7, 11) is 0. The molecule has 0 aromatic heterocycles. The van der Waals surface area contributed by atoms with Gasteiger partial charge in [-0.05, 0) is 40.6 Å². The van der Waals surface area contributed by atoms with E-state index in [1.54, 1.807) is 6.08 Å². The van der Waals surface area contributed by atoms with E-state index in [2.05, 4.69) is 0 Å². The van der Waals surface area contributed by atoms with Crippen molar-refractivity contribution in [2.24, 2.45) is 0 Å². The van der Waals surface area contributed by atoms with Gasteiger partial charge in [-0.2, -0.15) is 5.26 Å². The zero-order valence-electron chi connectivity index (χ0n) is 8.14. The molecular weight excluding hydrogens is 184 g/mol. The van der Waals surface area contributed by atoms with Crippen LogP contribution in [0.1, 0.15) is 5.56 Å². The van der Waals surface area contributed by atoms with Crippen LogP contribution in [0.25, 0.3) is 16.8 Å². The van der Waals surface area contributed by atoms with E-state index in [0.717, 1.165) is 22.0 Å². The first-order valence-electron chi connectivity index (χ1n) is 4.65. The number of anilines is 1. The lowest BCUT2D eigenvalue weighted by Crippen LogP contribution is -1.83. The molecule has 0 radical (unpaired) electrons. The molecule has 72 valence electrons. The quantitative estimate of drug-likeness (QED) is 0.560. The van der Waals surface area contributed by atoms with Gasteiger partial charge in [0, 0.05) is 11.8 Å². The first-order valence-corrected chi connectivity index (χ1v) is 4.65. The summed E-state index contributed by atoms with van der Waals surface area (Å²) in [5.74, 6) is 0. The largest absolute Gasteiger partial charge is 0.399 e. The number of hydrogen-bond donors (Lipinski definition) is 1. The molecule has 0 aliphatic heterocycles. The number of allylic oxidation sites excluding steroid dienone is 1. The minimum atomic E-state index is 0.766. The fraction of sp³-hybridized carbons (Fsp3) is 0. The Balaban J connectivity index is 2.53. The standard InChI is InChI=1S/C13H10N2/c14-7-1-2-10-3-4-12-9-13(15)6-5-11(12)8-10/h1-6,8-9H,15H2. The van der Waals surface area contributed by atoms with Crippen molar-refractivity contribution in [3.05, 3.63) is 48.0 Å². The molecule has 2 nitrogen and oxygen atoms in total. The van der Waals surface area contributed by atoms with Gasteiger partial charge >= 0.3 is 0 Å². The highest BCUT2D eigenvalue weighted by molar-refractivity contribution is 5.87. The summed E-state index contributed by atoms with van der Waals surface area (Å²) in [6.07, 6.45) is 3.26. The summed E-state index contributed by atoms with van der Waals surface area (Å²) in [6.45, 7) is 0. The molecule has 0 amide bonds. The lowest BCUT2D eigenvalue weighted by Gasteiger charge is -2.00. The second-order valence-corrected chi connectivity index (χ2v) is 3.33. The van der Waals surface area contributed by atoms with Crippen molar-refractivity contribution in [2.45, 2.75) is 0 Å². The van der Waals surface area contributed by atoms with E-state index in [4.69, 9.17) is 11.0 Å². The van der Waals surface area contributed by atoms with E-state index in [9.17, 15) is 0 Å². The number of hydrogen-bond acceptors (Lipinski definition) is 2. The zero-order valence-corrected chi connectivity index (χ0v) is 8.14. The van der Waals surface area contributed by atoms with Crippen molar-refractivity contribution in [1.82, 2.24) is 0 Å². The maximum absolute atomic E-state index is 8.42. The number of benzene rings is 2. The van der Waals surface area contributed by atoms with E-state index in [-0.39, 0.29) is 0 Å². The van der Waals surface area contributed by atoms with E-state index in [0.29, 0.717) is 0 Å². The van der Waals surface area contributed by atoms with Gasteiger partial charge in [0.05, 0.1) is 6.07 Å². The molecule has 2 rings (SSSR count). The normalized spacial score (nSPS) is 10.6. The van der Waals surface area contributed by atoms with Crippen molar-refractivity contribution < 1.29 is 0 Å². The molecular formula is C13H10N2. The van der Waals surface area contributed by atoms with Gasteiger partial charge in [-0.15, -0.1) is 0 Å². The molecule has 0 atom stereocenters.